The van der Waals surface area contributed by atoms with Gasteiger partial charge in [0.15, 0.2) is 15.6 Å². The molecule has 6 heteroatoms. The third kappa shape index (κ3) is 5.81. The van der Waals surface area contributed by atoms with Crippen molar-refractivity contribution in [1.82, 2.24) is 0 Å². The Morgan fingerprint density at radius 3 is 2.03 bits per heavy atom. The number of rotatable bonds is 7. The summed E-state index contributed by atoms with van der Waals surface area (Å²) in [7, 11) is -0.998. The van der Waals surface area contributed by atoms with Crippen LogP contribution in [-0.2, 0) is 24.2 Å². The molecule has 2 aromatic rings. The molecular weight excluding hydrogens is 444 g/mol. The number of benzene rings is 2. The van der Waals surface area contributed by atoms with E-state index >= 15 is 0 Å². The van der Waals surface area contributed by atoms with E-state index in [1.807, 2.05) is 50.2 Å². The first-order chi connectivity index (χ1) is 16.1. The normalized spacial score (nSPS) is 27.9. The minimum absolute atomic E-state index is 0.0105. The summed E-state index contributed by atoms with van der Waals surface area (Å²) in [6, 6.07) is 20.6. The topological polar surface area (TPSA) is 57.2 Å². The van der Waals surface area contributed by atoms with Gasteiger partial charge in [0.1, 0.15) is 11.7 Å². The van der Waals surface area contributed by atoms with Crippen LogP contribution in [0.5, 0.6) is 0 Å². The quantitative estimate of drug-likeness (QED) is 0.578. The lowest BCUT2D eigenvalue weighted by atomic mass is 9.77. The molecule has 2 aliphatic rings. The van der Waals surface area contributed by atoms with Gasteiger partial charge in [-0.1, -0.05) is 81.4 Å². The predicted octanol–water partition coefficient (Wildman–Crippen LogP) is 4.70. The first kappa shape index (κ1) is 25.5. The van der Waals surface area contributed by atoms with Crippen molar-refractivity contribution in [1.29, 1.82) is 0 Å². The van der Waals surface area contributed by atoms with Crippen molar-refractivity contribution in [3.8, 4) is 0 Å². The number of hydrogen-bond donors (Lipinski definition) is 1. The van der Waals surface area contributed by atoms with E-state index < -0.39 is 33.4 Å². The minimum atomic E-state index is -0.998. The highest BCUT2D eigenvalue weighted by molar-refractivity contribution is 6.32. The zero-order valence-corrected chi connectivity index (χ0v) is 22.6. The Balaban J connectivity index is 1.72. The lowest BCUT2D eigenvalue weighted by molar-refractivity contribution is -0.193. The summed E-state index contributed by atoms with van der Waals surface area (Å²) in [5.74, 6) is -0.558. The molecule has 0 bridgehead atoms. The van der Waals surface area contributed by atoms with Crippen molar-refractivity contribution >= 4 is 9.76 Å². The number of aliphatic hydroxyl groups is 1. The molecule has 2 heterocycles. The fourth-order valence-electron chi connectivity index (χ4n) is 5.03. The Morgan fingerprint density at radius 2 is 1.53 bits per heavy atom. The van der Waals surface area contributed by atoms with Crippen LogP contribution in [0, 0.1) is 0 Å². The second-order valence-corrected chi connectivity index (χ2v) is 14.0. The van der Waals surface area contributed by atoms with E-state index in [2.05, 4.69) is 45.0 Å². The molecule has 1 unspecified atom stereocenters. The summed E-state index contributed by atoms with van der Waals surface area (Å²) in [6.45, 7) is 11.1. The average Bonchev–Trinajstić information content (AvgIpc) is 3.15. The van der Waals surface area contributed by atoms with Crippen molar-refractivity contribution in [2.45, 2.75) is 94.7 Å². The molecule has 2 fully saturated rings. The van der Waals surface area contributed by atoms with Gasteiger partial charge in [0.05, 0.1) is 24.9 Å². The Hall–Kier alpha value is -1.54. The maximum Gasteiger partial charge on any atom is 0.168 e. The van der Waals surface area contributed by atoms with Crippen molar-refractivity contribution in [3.63, 3.8) is 0 Å². The van der Waals surface area contributed by atoms with Crippen LogP contribution in [0.15, 0.2) is 60.7 Å². The van der Waals surface area contributed by atoms with E-state index in [4.69, 9.17) is 18.6 Å². The highest BCUT2D eigenvalue weighted by Crippen LogP contribution is 2.45. The standard InChI is InChI=1S/C28H40O5Si/c1-26(2,3)34-33-28(20-12-8-6-9-13-20,21-14-10-7-11-15-21)25-24(29)17-16-22(31-25)18-23-19-30-27(4,5)32-23/h6-15,22-25,29H,16-19,34H2,1-5H3/t22-,23?,24+,25-/m1/s1. The number of aliphatic hydroxyl groups excluding tert-OH is 1. The molecule has 0 amide bonds. The average molecular weight is 485 g/mol. The van der Waals surface area contributed by atoms with Crippen LogP contribution in [0.25, 0.3) is 0 Å². The van der Waals surface area contributed by atoms with Crippen LogP contribution >= 0.6 is 0 Å². The molecule has 1 N–H and O–H groups in total. The van der Waals surface area contributed by atoms with Crippen LogP contribution in [0.2, 0.25) is 5.04 Å². The largest absolute Gasteiger partial charge is 0.408 e. The van der Waals surface area contributed by atoms with Crippen molar-refractivity contribution in [2.75, 3.05) is 6.61 Å². The van der Waals surface area contributed by atoms with Crippen LogP contribution in [0.1, 0.15) is 65.0 Å². The van der Waals surface area contributed by atoms with Gasteiger partial charge in [-0.2, -0.15) is 0 Å². The lowest BCUT2D eigenvalue weighted by Gasteiger charge is -2.48. The lowest BCUT2D eigenvalue weighted by Crippen LogP contribution is -2.56. The smallest absolute Gasteiger partial charge is 0.168 e. The second kappa shape index (κ2) is 10.2. The predicted molar refractivity (Wildman–Crippen MR) is 136 cm³/mol. The zero-order chi connectivity index (χ0) is 24.4. The van der Waals surface area contributed by atoms with Gasteiger partial charge in [-0.3, -0.25) is 0 Å². The highest BCUT2D eigenvalue weighted by Gasteiger charge is 2.51. The van der Waals surface area contributed by atoms with E-state index in [9.17, 15) is 5.11 Å². The van der Waals surface area contributed by atoms with Gasteiger partial charge >= 0.3 is 0 Å². The zero-order valence-electron chi connectivity index (χ0n) is 21.2. The first-order valence-corrected chi connectivity index (χ1v) is 13.8. The van der Waals surface area contributed by atoms with Gasteiger partial charge < -0.3 is 23.7 Å². The van der Waals surface area contributed by atoms with Gasteiger partial charge in [0.25, 0.3) is 0 Å². The minimum Gasteiger partial charge on any atom is -0.408 e. The van der Waals surface area contributed by atoms with Gasteiger partial charge in [-0.15, -0.1) is 0 Å². The Kier molecular flexibility index (Phi) is 7.67. The maximum absolute atomic E-state index is 11.4. The van der Waals surface area contributed by atoms with Crippen LogP contribution < -0.4 is 0 Å². The molecule has 186 valence electrons. The molecule has 2 saturated heterocycles. The SMILES string of the molecule is CC1(C)OCC(C[C@H]2CC[C@H](O)[C@H](C(O[SiH2]C(C)(C)C)(c3ccccc3)c3ccccc3)O2)O1. The van der Waals surface area contributed by atoms with E-state index in [0.29, 0.717) is 13.0 Å². The van der Waals surface area contributed by atoms with Crippen molar-refractivity contribution < 1.29 is 23.7 Å². The van der Waals surface area contributed by atoms with E-state index in [1.165, 1.54) is 0 Å². The maximum atomic E-state index is 11.4. The number of hydrogen-bond acceptors (Lipinski definition) is 5. The Morgan fingerprint density at radius 1 is 0.941 bits per heavy atom. The summed E-state index contributed by atoms with van der Waals surface area (Å²) in [6.07, 6.45) is 0.973. The number of ether oxygens (including phenoxy) is 3. The summed E-state index contributed by atoms with van der Waals surface area (Å²) in [5.41, 5.74) is 1.15. The summed E-state index contributed by atoms with van der Waals surface area (Å²) < 4.78 is 25.7. The van der Waals surface area contributed by atoms with Gasteiger partial charge in [-0.05, 0) is 42.9 Å². The van der Waals surface area contributed by atoms with Crippen molar-refractivity contribution in [2.24, 2.45) is 0 Å². The summed E-state index contributed by atoms with van der Waals surface area (Å²) in [4.78, 5) is 0. The molecule has 0 radical (unpaired) electrons. The third-order valence-corrected chi connectivity index (χ3v) is 8.07. The molecule has 0 aliphatic carbocycles. The molecule has 5 nitrogen and oxygen atoms in total. The molecule has 4 rings (SSSR count). The van der Waals surface area contributed by atoms with Gasteiger partial charge in [-0.25, -0.2) is 0 Å². The van der Waals surface area contributed by atoms with Gasteiger partial charge in [0.2, 0.25) is 0 Å². The molecule has 4 atom stereocenters. The fraction of sp³-hybridized carbons (Fsp3) is 0.571. The van der Waals surface area contributed by atoms with E-state index in [1.54, 1.807) is 0 Å². The van der Waals surface area contributed by atoms with Crippen molar-refractivity contribution in [3.05, 3.63) is 71.8 Å². The Bertz CT molecular complexity index is 872. The molecule has 0 saturated carbocycles. The molecule has 2 aromatic carbocycles. The monoisotopic (exact) mass is 484 g/mol. The van der Waals surface area contributed by atoms with E-state index in [0.717, 1.165) is 24.0 Å². The van der Waals surface area contributed by atoms with Gasteiger partial charge in [0, 0.05) is 6.42 Å². The molecule has 0 aromatic heterocycles. The van der Waals surface area contributed by atoms with Crippen LogP contribution in [0.4, 0.5) is 0 Å². The molecular formula is C28H40O5Si. The molecule has 34 heavy (non-hydrogen) atoms. The Labute approximate surface area is 206 Å². The molecule has 2 aliphatic heterocycles. The summed E-state index contributed by atoms with van der Waals surface area (Å²) >= 11 is 0. The van der Waals surface area contributed by atoms with E-state index in [-0.39, 0.29) is 17.2 Å². The fourth-order valence-corrected chi connectivity index (χ4v) is 6.19. The van der Waals surface area contributed by atoms with Crippen LogP contribution in [0.3, 0.4) is 0 Å². The molecule has 0 spiro atoms. The second-order valence-electron chi connectivity index (χ2n) is 11.3. The third-order valence-electron chi connectivity index (χ3n) is 6.60. The first-order valence-electron chi connectivity index (χ1n) is 12.5. The highest BCUT2D eigenvalue weighted by atomic mass is 28.2. The van der Waals surface area contributed by atoms with Crippen LogP contribution in [-0.4, -0.2) is 51.7 Å². The summed E-state index contributed by atoms with van der Waals surface area (Å²) in [5, 5.41) is 11.5.